The number of carbonyl (C=O) groups excluding carboxylic acids is 2. The van der Waals surface area contributed by atoms with E-state index in [1.165, 1.54) is 12.1 Å². The summed E-state index contributed by atoms with van der Waals surface area (Å²) in [4.78, 5) is 33.3. The van der Waals surface area contributed by atoms with Crippen LogP contribution >= 0.6 is 0 Å². The monoisotopic (exact) mass is 369 g/mol. The number of amides is 2. The molecule has 0 unspecified atom stereocenters. The first-order valence-corrected chi connectivity index (χ1v) is 9.20. The van der Waals surface area contributed by atoms with Gasteiger partial charge in [-0.1, -0.05) is 32.0 Å². The summed E-state index contributed by atoms with van der Waals surface area (Å²) >= 11 is 0. The van der Waals surface area contributed by atoms with Gasteiger partial charge in [-0.05, 0) is 35.7 Å². The van der Waals surface area contributed by atoms with Crippen molar-refractivity contribution in [2.45, 2.75) is 32.9 Å². The largest absolute Gasteiger partial charge is 0.335 e. The number of hydrogen-bond donors (Lipinski definition) is 0. The Morgan fingerprint density at radius 2 is 1.96 bits per heavy atom. The molecule has 3 rings (SSSR count). The molecule has 142 valence electrons. The molecule has 1 aromatic heterocycles. The van der Waals surface area contributed by atoms with E-state index < -0.39 is 0 Å². The van der Waals surface area contributed by atoms with Gasteiger partial charge in [0.05, 0.1) is 6.04 Å². The Morgan fingerprint density at radius 3 is 2.59 bits per heavy atom. The molecule has 5 nitrogen and oxygen atoms in total. The van der Waals surface area contributed by atoms with Crippen molar-refractivity contribution in [1.29, 1.82) is 0 Å². The predicted molar refractivity (Wildman–Crippen MR) is 100 cm³/mol. The highest BCUT2D eigenvalue weighted by molar-refractivity contribution is 5.93. The van der Waals surface area contributed by atoms with Crippen LogP contribution in [0.2, 0.25) is 0 Å². The van der Waals surface area contributed by atoms with Crippen LogP contribution in [0.5, 0.6) is 0 Å². The third kappa shape index (κ3) is 4.51. The van der Waals surface area contributed by atoms with Crippen molar-refractivity contribution in [3.8, 4) is 0 Å². The molecule has 1 fully saturated rings. The zero-order valence-electron chi connectivity index (χ0n) is 15.6. The second-order valence-corrected chi connectivity index (χ2v) is 7.18. The molecule has 1 atom stereocenters. The molecule has 0 radical (unpaired) electrons. The van der Waals surface area contributed by atoms with Gasteiger partial charge >= 0.3 is 0 Å². The van der Waals surface area contributed by atoms with Crippen LogP contribution in [0, 0.1) is 11.7 Å². The van der Waals surface area contributed by atoms with Crippen molar-refractivity contribution < 1.29 is 14.0 Å². The van der Waals surface area contributed by atoms with Crippen LogP contribution in [-0.4, -0.2) is 45.7 Å². The molecule has 0 N–H and O–H groups in total. The fourth-order valence-corrected chi connectivity index (χ4v) is 3.37. The van der Waals surface area contributed by atoms with Crippen LogP contribution < -0.4 is 0 Å². The first-order chi connectivity index (χ1) is 13.0. The first kappa shape index (κ1) is 19.0. The second kappa shape index (κ2) is 8.29. The average molecular weight is 369 g/mol. The summed E-state index contributed by atoms with van der Waals surface area (Å²) < 4.78 is 13.2. The van der Waals surface area contributed by atoms with E-state index in [4.69, 9.17) is 0 Å². The van der Waals surface area contributed by atoms with Gasteiger partial charge in [0.15, 0.2) is 0 Å². The molecule has 1 aromatic carbocycles. The molecule has 2 amide bonds. The minimum atomic E-state index is -0.298. The van der Waals surface area contributed by atoms with Crippen molar-refractivity contribution in [1.82, 2.24) is 14.8 Å². The van der Waals surface area contributed by atoms with E-state index in [9.17, 15) is 14.0 Å². The minimum Gasteiger partial charge on any atom is -0.335 e. The van der Waals surface area contributed by atoms with Crippen LogP contribution in [0.4, 0.5) is 4.39 Å². The molecular weight excluding hydrogens is 345 g/mol. The summed E-state index contributed by atoms with van der Waals surface area (Å²) in [7, 11) is 0. The Hall–Kier alpha value is -2.76. The molecule has 1 saturated heterocycles. The van der Waals surface area contributed by atoms with Crippen LogP contribution in [0.15, 0.2) is 48.7 Å². The molecule has 6 heteroatoms. The van der Waals surface area contributed by atoms with Gasteiger partial charge in [0, 0.05) is 32.3 Å². The SMILES string of the molecule is CC(C)[C@@H]1CN(C(=O)c2ccccn2)CCC(=O)N1Cc1ccc(F)cc1. The molecule has 0 spiro atoms. The lowest BCUT2D eigenvalue weighted by Gasteiger charge is -2.34. The van der Waals surface area contributed by atoms with Crippen LogP contribution in [0.25, 0.3) is 0 Å². The lowest BCUT2D eigenvalue weighted by molar-refractivity contribution is -0.134. The Morgan fingerprint density at radius 1 is 1.22 bits per heavy atom. The van der Waals surface area contributed by atoms with E-state index in [1.54, 1.807) is 41.4 Å². The summed E-state index contributed by atoms with van der Waals surface area (Å²) in [5.41, 5.74) is 1.26. The third-order valence-electron chi connectivity index (χ3n) is 4.93. The van der Waals surface area contributed by atoms with Crippen molar-refractivity contribution >= 4 is 11.8 Å². The highest BCUT2D eigenvalue weighted by Crippen LogP contribution is 2.22. The number of carbonyl (C=O) groups is 2. The fourth-order valence-electron chi connectivity index (χ4n) is 3.37. The summed E-state index contributed by atoms with van der Waals surface area (Å²) in [5, 5.41) is 0. The molecule has 0 saturated carbocycles. The quantitative estimate of drug-likeness (QED) is 0.832. The maximum atomic E-state index is 13.2. The second-order valence-electron chi connectivity index (χ2n) is 7.18. The zero-order valence-corrected chi connectivity index (χ0v) is 15.6. The average Bonchev–Trinajstić information content (AvgIpc) is 2.83. The van der Waals surface area contributed by atoms with Gasteiger partial charge in [-0.15, -0.1) is 0 Å². The lowest BCUT2D eigenvalue weighted by atomic mass is 10.0. The summed E-state index contributed by atoms with van der Waals surface area (Å²) in [5.74, 6) is -0.271. The van der Waals surface area contributed by atoms with Crippen molar-refractivity contribution in [2.24, 2.45) is 5.92 Å². The predicted octanol–water partition coefficient (Wildman–Crippen LogP) is 3.12. The lowest BCUT2D eigenvalue weighted by Crippen LogP contribution is -2.47. The van der Waals surface area contributed by atoms with Gasteiger partial charge in [-0.3, -0.25) is 14.6 Å². The Balaban J connectivity index is 1.82. The Kier molecular flexibility index (Phi) is 5.84. The van der Waals surface area contributed by atoms with E-state index in [1.807, 2.05) is 18.7 Å². The standard InChI is InChI=1S/C21H24FN3O2/c1-15(2)19-14-24(21(27)18-5-3-4-11-23-18)12-10-20(26)25(19)13-16-6-8-17(22)9-7-16/h3-9,11,15,19H,10,12-14H2,1-2H3/t19-/m0/s1. The number of rotatable bonds is 4. The topological polar surface area (TPSA) is 53.5 Å². The maximum absolute atomic E-state index is 13.2. The maximum Gasteiger partial charge on any atom is 0.272 e. The van der Waals surface area contributed by atoms with Crippen LogP contribution in [0.1, 0.15) is 36.3 Å². The highest BCUT2D eigenvalue weighted by Gasteiger charge is 2.33. The molecule has 1 aliphatic heterocycles. The van der Waals surface area contributed by atoms with Crippen molar-refractivity contribution in [3.63, 3.8) is 0 Å². The van der Waals surface area contributed by atoms with Gasteiger partial charge in [0.25, 0.3) is 5.91 Å². The highest BCUT2D eigenvalue weighted by atomic mass is 19.1. The van der Waals surface area contributed by atoms with E-state index in [0.717, 1.165) is 5.56 Å². The van der Waals surface area contributed by atoms with Gasteiger partial charge < -0.3 is 9.80 Å². The molecule has 1 aliphatic rings. The number of nitrogens with zero attached hydrogens (tertiary/aromatic N) is 3. The zero-order chi connectivity index (χ0) is 19.4. The van der Waals surface area contributed by atoms with Crippen molar-refractivity contribution in [3.05, 3.63) is 65.7 Å². The van der Waals surface area contributed by atoms with Crippen LogP contribution in [0.3, 0.4) is 0 Å². The van der Waals surface area contributed by atoms with E-state index in [0.29, 0.717) is 25.3 Å². The molecular formula is C21H24FN3O2. The minimum absolute atomic E-state index is 0.00865. The number of pyridine rings is 1. The normalized spacial score (nSPS) is 17.9. The van der Waals surface area contributed by atoms with Crippen LogP contribution in [-0.2, 0) is 11.3 Å². The summed E-state index contributed by atoms with van der Waals surface area (Å²) in [6, 6.07) is 11.3. The smallest absolute Gasteiger partial charge is 0.272 e. The summed E-state index contributed by atoms with van der Waals surface area (Å²) in [6.45, 7) is 5.33. The number of hydrogen-bond acceptors (Lipinski definition) is 3. The van der Waals surface area contributed by atoms with E-state index in [-0.39, 0.29) is 36.0 Å². The number of benzene rings is 1. The molecule has 2 aromatic rings. The molecule has 2 heterocycles. The first-order valence-electron chi connectivity index (χ1n) is 9.20. The van der Waals surface area contributed by atoms with E-state index in [2.05, 4.69) is 4.98 Å². The molecule has 0 bridgehead atoms. The van der Waals surface area contributed by atoms with Crippen molar-refractivity contribution in [2.75, 3.05) is 13.1 Å². The Bertz CT molecular complexity index is 793. The van der Waals surface area contributed by atoms with Gasteiger partial charge in [-0.2, -0.15) is 0 Å². The fraction of sp³-hybridized carbons (Fsp3) is 0.381. The molecule has 27 heavy (non-hydrogen) atoms. The van der Waals surface area contributed by atoms with E-state index >= 15 is 0 Å². The number of aromatic nitrogens is 1. The van der Waals surface area contributed by atoms with Gasteiger partial charge in [0.1, 0.15) is 11.5 Å². The number of halogens is 1. The summed E-state index contributed by atoms with van der Waals surface area (Å²) in [6.07, 6.45) is 1.86. The molecule has 0 aliphatic carbocycles. The Labute approximate surface area is 158 Å². The third-order valence-corrected chi connectivity index (χ3v) is 4.93. The van der Waals surface area contributed by atoms with Gasteiger partial charge in [0.2, 0.25) is 5.91 Å². The van der Waals surface area contributed by atoms with Gasteiger partial charge in [-0.25, -0.2) is 4.39 Å².